The minimum Gasteiger partial charge on any atom is -0.314 e. The van der Waals surface area contributed by atoms with Crippen LogP contribution in [0.4, 0.5) is 0 Å². The van der Waals surface area contributed by atoms with Crippen LogP contribution < -0.4 is 10.0 Å². The highest BCUT2D eigenvalue weighted by Crippen LogP contribution is 2.23. The fraction of sp³-hybridized carbons (Fsp3) is 1.00. The Morgan fingerprint density at radius 2 is 1.71 bits per heavy atom. The standard InChI is InChI=1S/C15H31N3O2S/c1-15(2,3)8-9-17-21(19,20)18-10-6-13(7-11-18)12-16-14-4-5-14/h13-14,16-17H,4-12H2,1-3H3. The Kier molecular flexibility index (Phi) is 5.68. The van der Waals surface area contributed by atoms with E-state index < -0.39 is 10.2 Å². The summed E-state index contributed by atoms with van der Waals surface area (Å²) in [6, 6.07) is 0.742. The van der Waals surface area contributed by atoms with Crippen molar-refractivity contribution >= 4 is 10.2 Å². The van der Waals surface area contributed by atoms with Crippen molar-refractivity contribution in [3.63, 3.8) is 0 Å². The maximum absolute atomic E-state index is 12.3. The summed E-state index contributed by atoms with van der Waals surface area (Å²) >= 11 is 0. The Balaban J connectivity index is 1.69. The van der Waals surface area contributed by atoms with Gasteiger partial charge in [0.1, 0.15) is 0 Å². The quantitative estimate of drug-likeness (QED) is 0.751. The topological polar surface area (TPSA) is 61.4 Å². The van der Waals surface area contributed by atoms with E-state index in [-0.39, 0.29) is 5.41 Å². The predicted molar refractivity (Wildman–Crippen MR) is 86.3 cm³/mol. The molecular formula is C15H31N3O2S. The van der Waals surface area contributed by atoms with Gasteiger partial charge in [-0.25, -0.2) is 4.72 Å². The van der Waals surface area contributed by atoms with E-state index in [1.807, 2.05) is 0 Å². The zero-order chi connectivity index (χ0) is 15.5. The van der Waals surface area contributed by atoms with Crippen LogP contribution in [-0.2, 0) is 10.2 Å². The third kappa shape index (κ3) is 6.22. The summed E-state index contributed by atoms with van der Waals surface area (Å²) in [4.78, 5) is 0. The van der Waals surface area contributed by atoms with Crippen LogP contribution >= 0.6 is 0 Å². The van der Waals surface area contributed by atoms with Crippen molar-refractivity contribution in [3.8, 4) is 0 Å². The summed E-state index contributed by atoms with van der Waals surface area (Å²) in [6.07, 6.45) is 5.42. The molecule has 0 bridgehead atoms. The molecule has 1 aliphatic heterocycles. The molecule has 0 atom stereocenters. The van der Waals surface area contributed by atoms with Gasteiger partial charge in [0.2, 0.25) is 0 Å². The number of nitrogens with zero attached hydrogens (tertiary/aromatic N) is 1. The summed E-state index contributed by atoms with van der Waals surface area (Å²) in [6.45, 7) is 9.26. The molecule has 6 heteroatoms. The molecule has 0 aromatic heterocycles. The highest BCUT2D eigenvalue weighted by atomic mass is 32.2. The lowest BCUT2D eigenvalue weighted by Gasteiger charge is -2.31. The maximum Gasteiger partial charge on any atom is 0.279 e. The average molecular weight is 317 g/mol. The molecule has 2 fully saturated rings. The molecule has 0 unspecified atom stereocenters. The van der Waals surface area contributed by atoms with Crippen molar-refractivity contribution in [2.24, 2.45) is 11.3 Å². The molecule has 0 radical (unpaired) electrons. The van der Waals surface area contributed by atoms with Crippen molar-refractivity contribution in [3.05, 3.63) is 0 Å². The van der Waals surface area contributed by atoms with Crippen LogP contribution in [0.2, 0.25) is 0 Å². The van der Waals surface area contributed by atoms with E-state index in [1.165, 1.54) is 12.8 Å². The fourth-order valence-corrected chi connectivity index (χ4v) is 3.85. The Hall–Kier alpha value is -0.170. The molecule has 5 nitrogen and oxygen atoms in total. The van der Waals surface area contributed by atoms with Crippen LogP contribution in [0.25, 0.3) is 0 Å². The second kappa shape index (κ2) is 6.94. The van der Waals surface area contributed by atoms with E-state index in [1.54, 1.807) is 4.31 Å². The molecule has 1 aliphatic carbocycles. The summed E-state index contributed by atoms with van der Waals surface area (Å²) in [5.74, 6) is 0.631. The number of piperidine rings is 1. The lowest BCUT2D eigenvalue weighted by Crippen LogP contribution is -2.46. The van der Waals surface area contributed by atoms with Gasteiger partial charge in [-0.3, -0.25) is 0 Å². The lowest BCUT2D eigenvalue weighted by atomic mass is 9.93. The van der Waals surface area contributed by atoms with Gasteiger partial charge in [0.05, 0.1) is 0 Å². The van der Waals surface area contributed by atoms with Crippen LogP contribution in [0.5, 0.6) is 0 Å². The molecule has 0 aromatic rings. The number of nitrogens with one attached hydrogen (secondary N) is 2. The molecule has 2 N–H and O–H groups in total. The van der Waals surface area contributed by atoms with Gasteiger partial charge in [0, 0.05) is 25.7 Å². The normalized spacial score (nSPS) is 22.6. The van der Waals surface area contributed by atoms with Gasteiger partial charge in [-0.15, -0.1) is 0 Å². The third-order valence-corrected chi connectivity index (χ3v) is 5.96. The SMILES string of the molecule is CC(C)(C)CCNS(=O)(=O)N1CCC(CNC2CC2)CC1. The van der Waals surface area contributed by atoms with Crippen molar-refractivity contribution in [1.82, 2.24) is 14.3 Å². The van der Waals surface area contributed by atoms with Crippen molar-refractivity contribution in [2.75, 3.05) is 26.2 Å². The molecule has 2 rings (SSSR count). The minimum absolute atomic E-state index is 0.157. The molecule has 0 spiro atoms. The Bertz CT molecular complexity index is 419. The van der Waals surface area contributed by atoms with Crippen LogP contribution in [-0.4, -0.2) is 44.9 Å². The summed E-state index contributed by atoms with van der Waals surface area (Å²) in [5, 5.41) is 3.55. The molecule has 0 aromatic carbocycles. The Labute approximate surface area is 130 Å². The van der Waals surface area contributed by atoms with Crippen LogP contribution in [0.15, 0.2) is 0 Å². The van der Waals surface area contributed by atoms with E-state index >= 15 is 0 Å². The number of hydrogen-bond acceptors (Lipinski definition) is 3. The number of hydrogen-bond donors (Lipinski definition) is 2. The molecule has 2 aliphatic rings. The molecule has 1 saturated heterocycles. The lowest BCUT2D eigenvalue weighted by molar-refractivity contribution is 0.264. The second-order valence-electron chi connectivity index (χ2n) is 7.73. The zero-order valence-electron chi connectivity index (χ0n) is 13.7. The van der Waals surface area contributed by atoms with Crippen LogP contribution in [0.1, 0.15) is 52.9 Å². The first-order valence-electron chi connectivity index (χ1n) is 8.24. The molecule has 0 amide bonds. The van der Waals surface area contributed by atoms with E-state index in [0.717, 1.165) is 31.8 Å². The first kappa shape index (κ1) is 17.2. The van der Waals surface area contributed by atoms with Gasteiger partial charge in [-0.05, 0) is 50.0 Å². The van der Waals surface area contributed by atoms with Gasteiger partial charge >= 0.3 is 0 Å². The van der Waals surface area contributed by atoms with Crippen LogP contribution in [0.3, 0.4) is 0 Å². The monoisotopic (exact) mass is 317 g/mol. The molecule has 1 saturated carbocycles. The Morgan fingerprint density at radius 3 is 2.24 bits per heavy atom. The van der Waals surface area contributed by atoms with E-state index in [0.29, 0.717) is 25.6 Å². The van der Waals surface area contributed by atoms with Gasteiger partial charge in [0.25, 0.3) is 10.2 Å². The first-order valence-corrected chi connectivity index (χ1v) is 9.68. The third-order valence-electron chi connectivity index (χ3n) is 4.35. The van der Waals surface area contributed by atoms with Gasteiger partial charge in [-0.2, -0.15) is 12.7 Å². The highest BCUT2D eigenvalue weighted by molar-refractivity contribution is 7.87. The number of rotatable bonds is 7. The van der Waals surface area contributed by atoms with E-state index in [2.05, 4.69) is 30.8 Å². The Morgan fingerprint density at radius 1 is 1.10 bits per heavy atom. The fourth-order valence-electron chi connectivity index (χ4n) is 2.62. The minimum atomic E-state index is -3.29. The first-order chi connectivity index (χ1) is 9.76. The highest BCUT2D eigenvalue weighted by Gasteiger charge is 2.29. The largest absolute Gasteiger partial charge is 0.314 e. The summed E-state index contributed by atoms with van der Waals surface area (Å²) in [5.41, 5.74) is 0.157. The average Bonchev–Trinajstić information content (AvgIpc) is 3.19. The van der Waals surface area contributed by atoms with Gasteiger partial charge < -0.3 is 5.32 Å². The summed E-state index contributed by atoms with van der Waals surface area (Å²) < 4.78 is 28.9. The van der Waals surface area contributed by atoms with Crippen molar-refractivity contribution in [2.45, 2.75) is 58.9 Å². The van der Waals surface area contributed by atoms with Crippen molar-refractivity contribution < 1.29 is 8.42 Å². The molecular weight excluding hydrogens is 286 g/mol. The molecule has 1 heterocycles. The maximum atomic E-state index is 12.3. The van der Waals surface area contributed by atoms with Gasteiger partial charge in [-0.1, -0.05) is 20.8 Å². The van der Waals surface area contributed by atoms with Gasteiger partial charge in [0.15, 0.2) is 0 Å². The molecule has 21 heavy (non-hydrogen) atoms. The van der Waals surface area contributed by atoms with Crippen molar-refractivity contribution in [1.29, 1.82) is 0 Å². The smallest absolute Gasteiger partial charge is 0.279 e. The molecule has 124 valence electrons. The van der Waals surface area contributed by atoms with E-state index in [9.17, 15) is 8.42 Å². The predicted octanol–water partition coefficient (Wildman–Crippen LogP) is 1.72. The summed E-state index contributed by atoms with van der Waals surface area (Å²) in [7, 11) is -3.29. The van der Waals surface area contributed by atoms with Crippen LogP contribution in [0, 0.1) is 11.3 Å². The second-order valence-corrected chi connectivity index (χ2v) is 9.49. The zero-order valence-corrected chi connectivity index (χ0v) is 14.5. The van der Waals surface area contributed by atoms with E-state index in [4.69, 9.17) is 0 Å².